The monoisotopic (exact) mass is 344 g/mol. The van der Waals surface area contributed by atoms with Crippen LogP contribution in [-0.2, 0) is 17.6 Å². The van der Waals surface area contributed by atoms with Crippen LogP contribution in [0.25, 0.3) is 10.2 Å². The van der Waals surface area contributed by atoms with E-state index < -0.39 is 5.82 Å². The summed E-state index contributed by atoms with van der Waals surface area (Å²) < 4.78 is 19.6. The van der Waals surface area contributed by atoms with E-state index in [4.69, 9.17) is 4.74 Å². The first-order chi connectivity index (χ1) is 11.7. The summed E-state index contributed by atoms with van der Waals surface area (Å²) in [4.78, 5) is 16.5. The highest BCUT2D eigenvalue weighted by Gasteiger charge is 2.08. The van der Waals surface area contributed by atoms with Gasteiger partial charge in [0.05, 0.1) is 28.8 Å². The van der Waals surface area contributed by atoms with Crippen molar-refractivity contribution in [2.75, 3.05) is 13.7 Å². The minimum Gasteiger partial charge on any atom is -0.494 e. The minimum absolute atomic E-state index is 0.138. The molecule has 2 aromatic carbocycles. The van der Waals surface area contributed by atoms with E-state index in [1.54, 1.807) is 17.4 Å². The van der Waals surface area contributed by atoms with Gasteiger partial charge in [0.1, 0.15) is 0 Å². The summed E-state index contributed by atoms with van der Waals surface area (Å²) in [5.41, 5.74) is 1.60. The third-order valence-electron chi connectivity index (χ3n) is 3.58. The topological polar surface area (TPSA) is 51.2 Å². The van der Waals surface area contributed by atoms with E-state index >= 15 is 0 Å². The average molecular weight is 344 g/mol. The summed E-state index contributed by atoms with van der Waals surface area (Å²) in [6.07, 6.45) is 0.822. The number of rotatable bonds is 6. The molecule has 0 aliphatic carbocycles. The second kappa shape index (κ2) is 7.40. The first-order valence-corrected chi connectivity index (χ1v) is 8.41. The first-order valence-electron chi connectivity index (χ1n) is 7.59. The number of hydrogen-bond acceptors (Lipinski definition) is 4. The first kappa shape index (κ1) is 16.4. The van der Waals surface area contributed by atoms with Gasteiger partial charge in [-0.2, -0.15) is 0 Å². The number of halogens is 1. The van der Waals surface area contributed by atoms with Crippen LogP contribution in [-0.4, -0.2) is 24.5 Å². The summed E-state index contributed by atoms with van der Waals surface area (Å²) in [6.45, 7) is 0.511. The van der Waals surface area contributed by atoms with Crippen LogP contribution in [0.5, 0.6) is 5.75 Å². The van der Waals surface area contributed by atoms with Gasteiger partial charge in [-0.05, 0) is 29.8 Å². The molecular weight excluding hydrogens is 327 g/mol. The molecule has 6 heteroatoms. The Hall–Kier alpha value is -2.47. The highest BCUT2D eigenvalue weighted by atomic mass is 32.1. The van der Waals surface area contributed by atoms with Crippen molar-refractivity contribution >= 4 is 27.5 Å². The second-order valence-electron chi connectivity index (χ2n) is 5.32. The largest absolute Gasteiger partial charge is 0.494 e. The van der Waals surface area contributed by atoms with E-state index in [9.17, 15) is 9.18 Å². The number of aromatic nitrogens is 1. The van der Waals surface area contributed by atoms with E-state index in [1.165, 1.54) is 19.2 Å². The molecule has 0 atom stereocenters. The van der Waals surface area contributed by atoms with Gasteiger partial charge in [0.2, 0.25) is 5.91 Å². The molecule has 3 aromatic rings. The molecule has 0 saturated heterocycles. The molecule has 1 aromatic heterocycles. The van der Waals surface area contributed by atoms with Crippen molar-refractivity contribution in [2.24, 2.45) is 0 Å². The van der Waals surface area contributed by atoms with Gasteiger partial charge in [-0.3, -0.25) is 4.79 Å². The lowest BCUT2D eigenvalue weighted by Crippen LogP contribution is -2.27. The molecule has 0 aliphatic heterocycles. The van der Waals surface area contributed by atoms with Crippen LogP contribution >= 0.6 is 11.3 Å². The van der Waals surface area contributed by atoms with Crippen LogP contribution in [0.3, 0.4) is 0 Å². The van der Waals surface area contributed by atoms with Gasteiger partial charge in [0, 0.05) is 13.0 Å². The Labute approximate surface area is 143 Å². The number of ether oxygens (including phenoxy) is 1. The van der Waals surface area contributed by atoms with Crippen molar-refractivity contribution in [1.29, 1.82) is 0 Å². The Morgan fingerprint density at radius 2 is 2.12 bits per heavy atom. The number of carbonyl (C=O) groups is 1. The van der Waals surface area contributed by atoms with Gasteiger partial charge in [0.25, 0.3) is 0 Å². The maximum atomic E-state index is 13.6. The molecule has 4 nitrogen and oxygen atoms in total. The number of nitrogens with zero attached hydrogens (tertiary/aromatic N) is 1. The standard InChI is InChI=1S/C18H17FN2O2S/c1-23-15-7-6-12(10-13(15)19)11-17(22)20-9-8-18-21-14-4-2-3-5-16(14)24-18/h2-7,10H,8-9,11H2,1H3,(H,20,22). The molecule has 3 rings (SSSR count). The van der Waals surface area contributed by atoms with Crippen molar-refractivity contribution in [3.63, 3.8) is 0 Å². The predicted molar refractivity (Wildman–Crippen MR) is 93.0 cm³/mol. The smallest absolute Gasteiger partial charge is 0.224 e. The molecule has 1 amide bonds. The number of para-hydroxylation sites is 1. The fraction of sp³-hybridized carbons (Fsp3) is 0.222. The molecule has 0 bridgehead atoms. The molecular formula is C18H17FN2O2S. The molecule has 24 heavy (non-hydrogen) atoms. The third-order valence-corrected chi connectivity index (χ3v) is 4.68. The molecule has 1 heterocycles. The molecule has 0 fully saturated rings. The van der Waals surface area contributed by atoms with Crippen LogP contribution in [0.15, 0.2) is 42.5 Å². The molecule has 0 radical (unpaired) electrons. The maximum absolute atomic E-state index is 13.6. The Balaban J connectivity index is 1.51. The zero-order valence-corrected chi connectivity index (χ0v) is 14.0. The van der Waals surface area contributed by atoms with E-state index in [1.807, 2.05) is 24.3 Å². The van der Waals surface area contributed by atoms with Gasteiger partial charge in [0.15, 0.2) is 11.6 Å². The van der Waals surface area contributed by atoms with Gasteiger partial charge in [-0.1, -0.05) is 18.2 Å². The summed E-state index contributed by atoms with van der Waals surface area (Å²) in [7, 11) is 1.41. The number of amides is 1. The predicted octanol–water partition coefficient (Wildman–Crippen LogP) is 3.35. The zero-order chi connectivity index (χ0) is 16.9. The van der Waals surface area contributed by atoms with E-state index in [0.29, 0.717) is 18.5 Å². The van der Waals surface area contributed by atoms with Crippen LogP contribution in [0, 0.1) is 5.82 Å². The number of benzene rings is 2. The van der Waals surface area contributed by atoms with Crippen molar-refractivity contribution in [3.05, 3.63) is 58.9 Å². The number of fused-ring (bicyclic) bond motifs is 1. The number of thiazole rings is 1. The Morgan fingerprint density at radius 3 is 2.88 bits per heavy atom. The molecule has 0 aliphatic rings. The summed E-state index contributed by atoms with van der Waals surface area (Å²) >= 11 is 1.63. The molecule has 124 valence electrons. The third kappa shape index (κ3) is 3.89. The van der Waals surface area contributed by atoms with Gasteiger partial charge >= 0.3 is 0 Å². The number of hydrogen-bond donors (Lipinski definition) is 1. The van der Waals surface area contributed by atoms with E-state index in [0.717, 1.165) is 15.2 Å². The van der Waals surface area contributed by atoms with E-state index in [2.05, 4.69) is 10.3 Å². The molecule has 0 saturated carbocycles. The lowest BCUT2D eigenvalue weighted by atomic mass is 10.1. The van der Waals surface area contributed by atoms with Crippen LogP contribution in [0.2, 0.25) is 0 Å². The number of carbonyl (C=O) groups excluding carboxylic acids is 1. The van der Waals surface area contributed by atoms with Crippen LogP contribution in [0.4, 0.5) is 4.39 Å². The summed E-state index contributed by atoms with van der Waals surface area (Å²) in [5.74, 6) is -0.423. The highest BCUT2D eigenvalue weighted by molar-refractivity contribution is 7.18. The van der Waals surface area contributed by atoms with Gasteiger partial charge < -0.3 is 10.1 Å². The molecule has 0 spiro atoms. The SMILES string of the molecule is COc1ccc(CC(=O)NCCc2nc3ccccc3s2)cc1F. The minimum atomic E-state index is -0.461. The average Bonchev–Trinajstić information content (AvgIpc) is 2.97. The Morgan fingerprint density at radius 1 is 1.29 bits per heavy atom. The summed E-state index contributed by atoms with van der Waals surface area (Å²) in [5, 5.41) is 3.84. The maximum Gasteiger partial charge on any atom is 0.224 e. The van der Waals surface area contributed by atoms with Crippen LogP contribution in [0.1, 0.15) is 10.6 Å². The van der Waals surface area contributed by atoms with Crippen molar-refractivity contribution < 1.29 is 13.9 Å². The second-order valence-corrected chi connectivity index (χ2v) is 6.44. The normalized spacial score (nSPS) is 10.8. The van der Waals surface area contributed by atoms with E-state index in [-0.39, 0.29) is 18.1 Å². The quantitative estimate of drug-likeness (QED) is 0.746. The Kier molecular flexibility index (Phi) is 5.05. The lowest BCUT2D eigenvalue weighted by molar-refractivity contribution is -0.120. The Bertz CT molecular complexity index is 830. The van der Waals surface area contributed by atoms with Gasteiger partial charge in [-0.15, -0.1) is 11.3 Å². The highest BCUT2D eigenvalue weighted by Crippen LogP contribution is 2.21. The van der Waals surface area contributed by atoms with Crippen molar-refractivity contribution in [2.45, 2.75) is 12.8 Å². The van der Waals surface area contributed by atoms with Crippen molar-refractivity contribution in [3.8, 4) is 5.75 Å². The van der Waals surface area contributed by atoms with Crippen LogP contribution < -0.4 is 10.1 Å². The number of methoxy groups -OCH3 is 1. The fourth-order valence-electron chi connectivity index (χ4n) is 2.40. The lowest BCUT2D eigenvalue weighted by Gasteiger charge is -2.06. The number of nitrogens with one attached hydrogen (secondary N) is 1. The summed E-state index contributed by atoms with van der Waals surface area (Å²) in [6, 6.07) is 12.5. The van der Waals surface area contributed by atoms with Crippen molar-refractivity contribution in [1.82, 2.24) is 10.3 Å². The molecule has 1 N–H and O–H groups in total. The fourth-order valence-corrected chi connectivity index (χ4v) is 3.37. The van der Waals surface area contributed by atoms with Gasteiger partial charge in [-0.25, -0.2) is 9.37 Å². The molecule has 0 unspecified atom stereocenters. The zero-order valence-electron chi connectivity index (χ0n) is 13.2.